The number of rotatable bonds is 9. The van der Waals surface area contributed by atoms with Crippen molar-refractivity contribution < 1.29 is 28.2 Å². The molecule has 0 bridgehead atoms. The predicted octanol–water partition coefficient (Wildman–Crippen LogP) is 3.94. The average Bonchev–Trinajstić information content (AvgIpc) is 2.73. The molecule has 8 heteroatoms. The fourth-order valence-corrected chi connectivity index (χ4v) is 3.15. The lowest BCUT2D eigenvalue weighted by atomic mass is 10.0. The van der Waals surface area contributed by atoms with Crippen molar-refractivity contribution in [2.75, 3.05) is 0 Å². The minimum absolute atomic E-state index is 0.0993. The van der Waals surface area contributed by atoms with Crippen molar-refractivity contribution in [2.24, 2.45) is 0 Å². The van der Waals surface area contributed by atoms with Crippen molar-refractivity contribution in [3.05, 3.63) is 71.5 Å². The van der Waals surface area contributed by atoms with Crippen LogP contribution in [0.1, 0.15) is 45.7 Å². The summed E-state index contributed by atoms with van der Waals surface area (Å²) in [5, 5.41) is 5.30. The minimum atomic E-state index is -1.03. The highest BCUT2D eigenvalue weighted by Gasteiger charge is 2.30. The third-order valence-corrected chi connectivity index (χ3v) is 4.60. The number of amides is 2. The Hall–Kier alpha value is -3.42. The van der Waals surface area contributed by atoms with Crippen LogP contribution in [-0.4, -0.2) is 41.8 Å². The summed E-state index contributed by atoms with van der Waals surface area (Å²) in [6, 6.07) is 12.8. The molecule has 0 aliphatic rings. The first-order chi connectivity index (χ1) is 15.9. The maximum absolute atomic E-state index is 13.3. The summed E-state index contributed by atoms with van der Waals surface area (Å²) < 4.78 is 23.9. The number of esters is 1. The van der Waals surface area contributed by atoms with E-state index in [0.717, 1.165) is 5.56 Å². The largest absolute Gasteiger partial charge is 0.461 e. The summed E-state index contributed by atoms with van der Waals surface area (Å²) in [7, 11) is 0. The first-order valence-corrected chi connectivity index (χ1v) is 11.2. The summed E-state index contributed by atoms with van der Waals surface area (Å²) in [5.74, 6) is -1.59. The molecular formula is C26H33FN2O5. The summed E-state index contributed by atoms with van der Waals surface area (Å²) in [4.78, 5) is 38.4. The second-order valence-corrected chi connectivity index (χ2v) is 9.27. The summed E-state index contributed by atoms with van der Waals surface area (Å²) in [5.41, 5.74) is 0.718. The summed E-state index contributed by atoms with van der Waals surface area (Å²) in [6.07, 6.45) is -0.847. The molecule has 184 valence electrons. The van der Waals surface area contributed by atoms with Crippen LogP contribution in [-0.2, 0) is 31.9 Å². The fourth-order valence-electron chi connectivity index (χ4n) is 3.15. The van der Waals surface area contributed by atoms with Crippen LogP contribution in [0.5, 0.6) is 0 Å². The number of halogens is 1. The lowest BCUT2D eigenvalue weighted by Gasteiger charge is -2.25. The van der Waals surface area contributed by atoms with Gasteiger partial charge in [0.25, 0.3) is 0 Å². The van der Waals surface area contributed by atoms with E-state index in [1.54, 1.807) is 34.6 Å². The number of benzene rings is 2. The van der Waals surface area contributed by atoms with Crippen molar-refractivity contribution in [1.82, 2.24) is 10.6 Å². The van der Waals surface area contributed by atoms with E-state index in [4.69, 9.17) is 9.47 Å². The Labute approximate surface area is 200 Å². The zero-order chi connectivity index (χ0) is 25.3. The molecule has 0 fully saturated rings. The molecule has 2 aromatic rings. The van der Waals surface area contributed by atoms with Crippen molar-refractivity contribution >= 4 is 18.0 Å². The summed E-state index contributed by atoms with van der Waals surface area (Å²) in [6.45, 7) is 8.58. The van der Waals surface area contributed by atoms with Gasteiger partial charge in [0.15, 0.2) is 0 Å². The van der Waals surface area contributed by atoms with Crippen LogP contribution < -0.4 is 10.6 Å². The Morgan fingerprint density at radius 3 is 1.97 bits per heavy atom. The van der Waals surface area contributed by atoms with E-state index in [1.807, 2.05) is 30.3 Å². The molecule has 2 amide bonds. The smallest absolute Gasteiger partial charge is 0.408 e. The minimum Gasteiger partial charge on any atom is -0.461 e. The molecule has 0 spiro atoms. The van der Waals surface area contributed by atoms with E-state index >= 15 is 0 Å². The maximum Gasteiger partial charge on any atom is 0.408 e. The molecule has 0 heterocycles. The summed E-state index contributed by atoms with van der Waals surface area (Å²) >= 11 is 0. The van der Waals surface area contributed by atoms with Crippen LogP contribution in [0.2, 0.25) is 0 Å². The Kier molecular flexibility index (Phi) is 9.59. The molecular weight excluding hydrogens is 439 g/mol. The van der Waals surface area contributed by atoms with E-state index < -0.39 is 41.5 Å². The highest BCUT2D eigenvalue weighted by Crippen LogP contribution is 2.11. The van der Waals surface area contributed by atoms with E-state index in [0.29, 0.717) is 5.56 Å². The van der Waals surface area contributed by atoms with E-state index in [2.05, 4.69) is 10.6 Å². The Balaban J connectivity index is 2.23. The van der Waals surface area contributed by atoms with Gasteiger partial charge >= 0.3 is 12.1 Å². The molecule has 2 rings (SSSR count). The van der Waals surface area contributed by atoms with Gasteiger partial charge in [0, 0.05) is 12.8 Å². The highest BCUT2D eigenvalue weighted by molar-refractivity contribution is 5.90. The van der Waals surface area contributed by atoms with Crippen LogP contribution in [0.25, 0.3) is 0 Å². The average molecular weight is 473 g/mol. The second kappa shape index (κ2) is 12.2. The van der Waals surface area contributed by atoms with Gasteiger partial charge in [0.2, 0.25) is 5.91 Å². The molecule has 2 aromatic carbocycles. The molecule has 0 radical (unpaired) electrons. The van der Waals surface area contributed by atoms with Gasteiger partial charge in [-0.25, -0.2) is 14.0 Å². The zero-order valence-electron chi connectivity index (χ0n) is 20.3. The fraction of sp³-hybridized carbons (Fsp3) is 0.423. The number of carbonyl (C=O) groups is 3. The molecule has 7 nitrogen and oxygen atoms in total. The molecule has 2 N–H and O–H groups in total. The van der Waals surface area contributed by atoms with Crippen LogP contribution in [0.15, 0.2) is 54.6 Å². The maximum atomic E-state index is 13.3. The Morgan fingerprint density at radius 2 is 1.41 bits per heavy atom. The number of ether oxygens (including phenoxy) is 2. The van der Waals surface area contributed by atoms with Crippen molar-refractivity contribution in [2.45, 2.75) is 71.2 Å². The SMILES string of the molecule is CC(C)OC(=O)[C@H](Cc1ccc(F)cc1)NC(=O)[C@@H](Cc1ccccc1)NC(=O)OC(C)(C)C. The molecule has 0 saturated heterocycles. The Bertz CT molecular complexity index is 955. The highest BCUT2D eigenvalue weighted by atomic mass is 19.1. The molecule has 0 unspecified atom stereocenters. The second-order valence-electron chi connectivity index (χ2n) is 9.27. The van der Waals surface area contributed by atoms with Gasteiger partial charge in [-0.05, 0) is 57.9 Å². The van der Waals surface area contributed by atoms with Gasteiger partial charge in [0.1, 0.15) is 23.5 Å². The lowest BCUT2D eigenvalue weighted by molar-refractivity contribution is -0.151. The van der Waals surface area contributed by atoms with E-state index in [-0.39, 0.29) is 18.9 Å². The van der Waals surface area contributed by atoms with Crippen molar-refractivity contribution in [3.63, 3.8) is 0 Å². The standard InChI is InChI=1S/C26H33FN2O5/c1-17(2)33-24(31)22(16-19-11-13-20(27)14-12-19)28-23(30)21(15-18-9-7-6-8-10-18)29-25(32)34-26(3,4)5/h6-14,17,21-22H,15-16H2,1-5H3,(H,28,30)(H,29,32)/t21-,22+/m1/s1. The lowest BCUT2D eigenvalue weighted by Crippen LogP contribution is -2.54. The number of carbonyl (C=O) groups excluding carboxylic acids is 3. The third-order valence-electron chi connectivity index (χ3n) is 4.60. The molecule has 0 aliphatic heterocycles. The van der Waals surface area contributed by atoms with Crippen molar-refractivity contribution in [1.29, 1.82) is 0 Å². The molecule has 0 aromatic heterocycles. The van der Waals surface area contributed by atoms with Crippen molar-refractivity contribution in [3.8, 4) is 0 Å². The normalized spacial score (nSPS) is 13.0. The number of hydrogen-bond donors (Lipinski definition) is 2. The first-order valence-electron chi connectivity index (χ1n) is 11.2. The van der Waals surface area contributed by atoms with Crippen LogP contribution in [0.3, 0.4) is 0 Å². The van der Waals surface area contributed by atoms with Gasteiger partial charge in [-0.1, -0.05) is 42.5 Å². The van der Waals surface area contributed by atoms with Gasteiger partial charge < -0.3 is 20.1 Å². The van der Waals surface area contributed by atoms with Gasteiger partial charge in [0.05, 0.1) is 6.10 Å². The first kappa shape index (κ1) is 26.8. The third kappa shape index (κ3) is 9.60. The van der Waals surface area contributed by atoms with E-state index in [9.17, 15) is 18.8 Å². The molecule has 0 saturated carbocycles. The van der Waals surface area contributed by atoms with Gasteiger partial charge in [-0.15, -0.1) is 0 Å². The van der Waals surface area contributed by atoms with E-state index in [1.165, 1.54) is 24.3 Å². The topological polar surface area (TPSA) is 93.7 Å². The number of nitrogens with one attached hydrogen (secondary N) is 2. The number of alkyl carbamates (subject to hydrolysis) is 1. The number of hydrogen-bond acceptors (Lipinski definition) is 5. The zero-order valence-corrected chi connectivity index (χ0v) is 20.3. The quantitative estimate of drug-likeness (QED) is 0.539. The van der Waals surface area contributed by atoms with Crippen LogP contribution in [0, 0.1) is 5.82 Å². The van der Waals surface area contributed by atoms with Gasteiger partial charge in [-0.2, -0.15) is 0 Å². The Morgan fingerprint density at radius 1 is 0.853 bits per heavy atom. The monoisotopic (exact) mass is 472 g/mol. The molecule has 0 aliphatic carbocycles. The van der Waals surface area contributed by atoms with Crippen LogP contribution in [0.4, 0.5) is 9.18 Å². The van der Waals surface area contributed by atoms with Gasteiger partial charge in [-0.3, -0.25) is 4.79 Å². The van der Waals surface area contributed by atoms with Crippen LogP contribution >= 0.6 is 0 Å². The molecule has 2 atom stereocenters. The predicted molar refractivity (Wildman–Crippen MR) is 127 cm³/mol. The molecule has 34 heavy (non-hydrogen) atoms.